The molecular formula is C16H18Cl2N2OS. The van der Waals surface area contributed by atoms with Crippen LogP contribution in [0.2, 0.25) is 10.0 Å². The highest BCUT2D eigenvalue weighted by Gasteiger charge is 2.35. The molecule has 22 heavy (non-hydrogen) atoms. The van der Waals surface area contributed by atoms with Gasteiger partial charge in [-0.25, -0.2) is 0 Å². The van der Waals surface area contributed by atoms with Gasteiger partial charge in [0, 0.05) is 4.90 Å². The van der Waals surface area contributed by atoms with Gasteiger partial charge in [-0.3, -0.25) is 4.79 Å². The van der Waals surface area contributed by atoms with E-state index in [4.69, 9.17) is 23.2 Å². The van der Waals surface area contributed by atoms with E-state index in [0.717, 1.165) is 32.1 Å². The number of hydrogen-bond donors (Lipinski definition) is 1. The van der Waals surface area contributed by atoms with Crippen molar-refractivity contribution in [1.29, 1.82) is 5.26 Å². The number of rotatable bonds is 4. The van der Waals surface area contributed by atoms with Gasteiger partial charge in [0.1, 0.15) is 5.54 Å². The molecule has 1 unspecified atom stereocenters. The Labute approximate surface area is 145 Å². The van der Waals surface area contributed by atoms with Gasteiger partial charge in [0.25, 0.3) is 0 Å². The van der Waals surface area contributed by atoms with E-state index in [0.29, 0.717) is 14.9 Å². The molecule has 1 N–H and O–H groups in total. The number of nitriles is 1. The van der Waals surface area contributed by atoms with E-state index >= 15 is 0 Å². The molecule has 1 atom stereocenters. The average Bonchev–Trinajstić information content (AvgIpc) is 2.51. The molecule has 1 aliphatic rings. The molecule has 1 aromatic carbocycles. The Morgan fingerprint density at radius 3 is 2.45 bits per heavy atom. The molecule has 0 heterocycles. The number of carbonyl (C=O) groups is 1. The zero-order valence-corrected chi connectivity index (χ0v) is 14.7. The molecule has 0 radical (unpaired) electrons. The van der Waals surface area contributed by atoms with Crippen molar-refractivity contribution in [2.75, 3.05) is 0 Å². The lowest BCUT2D eigenvalue weighted by molar-refractivity contribution is -0.121. The van der Waals surface area contributed by atoms with Gasteiger partial charge in [0.05, 0.1) is 21.4 Å². The fraction of sp³-hybridized carbons (Fsp3) is 0.500. The topological polar surface area (TPSA) is 52.9 Å². The lowest BCUT2D eigenvalue weighted by Gasteiger charge is -2.32. The van der Waals surface area contributed by atoms with Crippen molar-refractivity contribution in [3.05, 3.63) is 28.2 Å². The summed E-state index contributed by atoms with van der Waals surface area (Å²) in [5.41, 5.74) is -0.714. The summed E-state index contributed by atoms with van der Waals surface area (Å²) in [5.74, 6) is -0.149. The SMILES string of the molecule is CC(Sc1c(Cl)cccc1Cl)C(=O)NC1(C#N)CCCCC1. The van der Waals surface area contributed by atoms with Crippen LogP contribution in [0.1, 0.15) is 39.0 Å². The third-order valence-electron chi connectivity index (χ3n) is 3.87. The summed E-state index contributed by atoms with van der Waals surface area (Å²) < 4.78 is 0. The molecule has 2 rings (SSSR count). The van der Waals surface area contributed by atoms with Crippen LogP contribution in [0.25, 0.3) is 0 Å². The van der Waals surface area contributed by atoms with Crippen molar-refractivity contribution in [1.82, 2.24) is 5.32 Å². The summed E-state index contributed by atoms with van der Waals surface area (Å²) in [4.78, 5) is 13.1. The second-order valence-corrected chi connectivity index (χ2v) is 7.72. The molecular weight excluding hydrogens is 339 g/mol. The number of nitrogens with one attached hydrogen (secondary N) is 1. The quantitative estimate of drug-likeness (QED) is 0.787. The van der Waals surface area contributed by atoms with Crippen LogP contribution in [-0.2, 0) is 4.79 Å². The molecule has 1 saturated carbocycles. The Balaban J connectivity index is 2.05. The first-order valence-corrected chi connectivity index (χ1v) is 8.95. The maximum atomic E-state index is 12.4. The summed E-state index contributed by atoms with van der Waals surface area (Å²) in [5, 5.41) is 13.1. The van der Waals surface area contributed by atoms with E-state index in [2.05, 4.69) is 11.4 Å². The molecule has 0 saturated heterocycles. The Morgan fingerprint density at radius 2 is 1.91 bits per heavy atom. The summed E-state index contributed by atoms with van der Waals surface area (Å²) in [6.07, 6.45) is 4.52. The van der Waals surface area contributed by atoms with Crippen molar-refractivity contribution in [3.8, 4) is 6.07 Å². The third-order valence-corrected chi connectivity index (χ3v) is 5.96. The molecule has 1 amide bonds. The van der Waals surface area contributed by atoms with Gasteiger partial charge in [0.15, 0.2) is 0 Å². The summed E-state index contributed by atoms with van der Waals surface area (Å²) in [6.45, 7) is 1.80. The molecule has 1 aliphatic carbocycles. The monoisotopic (exact) mass is 356 g/mol. The maximum absolute atomic E-state index is 12.4. The Bertz CT molecular complexity index is 574. The molecule has 6 heteroatoms. The Morgan fingerprint density at radius 1 is 1.32 bits per heavy atom. The first kappa shape index (κ1) is 17.5. The molecule has 0 bridgehead atoms. The summed E-state index contributed by atoms with van der Waals surface area (Å²) in [6, 6.07) is 7.56. The first-order chi connectivity index (χ1) is 10.5. The fourth-order valence-corrected chi connectivity index (χ4v) is 4.13. The smallest absolute Gasteiger partial charge is 0.234 e. The molecule has 3 nitrogen and oxygen atoms in total. The molecule has 1 aromatic rings. The van der Waals surface area contributed by atoms with Gasteiger partial charge < -0.3 is 5.32 Å². The Kier molecular flexibility index (Phi) is 6.02. The maximum Gasteiger partial charge on any atom is 0.234 e. The standard InChI is InChI=1S/C16H18Cl2N2OS/c1-11(22-14-12(17)6-5-7-13(14)18)15(21)20-16(10-19)8-3-2-4-9-16/h5-7,11H,2-4,8-9H2,1H3,(H,20,21). The van der Waals surface area contributed by atoms with Crippen LogP contribution >= 0.6 is 35.0 Å². The molecule has 0 spiro atoms. The largest absolute Gasteiger partial charge is 0.337 e. The molecule has 1 fully saturated rings. The van der Waals surface area contributed by atoms with Crippen LogP contribution in [0.4, 0.5) is 0 Å². The lowest BCUT2D eigenvalue weighted by atomic mass is 9.83. The van der Waals surface area contributed by atoms with Gasteiger partial charge in [-0.05, 0) is 31.9 Å². The highest BCUT2D eigenvalue weighted by molar-refractivity contribution is 8.00. The second kappa shape index (κ2) is 7.59. The number of hydrogen-bond acceptors (Lipinski definition) is 3. The van der Waals surface area contributed by atoms with Crippen molar-refractivity contribution in [3.63, 3.8) is 0 Å². The minimum Gasteiger partial charge on any atom is -0.337 e. The van der Waals surface area contributed by atoms with Crippen LogP contribution in [0.15, 0.2) is 23.1 Å². The van der Waals surface area contributed by atoms with E-state index in [9.17, 15) is 10.1 Å². The highest BCUT2D eigenvalue weighted by Crippen LogP contribution is 2.37. The first-order valence-electron chi connectivity index (χ1n) is 7.31. The zero-order chi connectivity index (χ0) is 16.2. The normalized spacial score (nSPS) is 18.3. The number of carbonyl (C=O) groups excluding carboxylic acids is 1. The van der Waals surface area contributed by atoms with E-state index in [1.165, 1.54) is 11.8 Å². The lowest BCUT2D eigenvalue weighted by Crippen LogP contribution is -2.50. The van der Waals surface area contributed by atoms with Gasteiger partial charge in [-0.15, -0.1) is 11.8 Å². The van der Waals surface area contributed by atoms with Gasteiger partial charge in [0.2, 0.25) is 5.91 Å². The van der Waals surface area contributed by atoms with Crippen LogP contribution in [0.3, 0.4) is 0 Å². The van der Waals surface area contributed by atoms with Gasteiger partial charge >= 0.3 is 0 Å². The van der Waals surface area contributed by atoms with Crippen molar-refractivity contribution >= 4 is 40.9 Å². The molecule has 0 aromatic heterocycles. The fourth-order valence-electron chi connectivity index (χ4n) is 2.58. The van der Waals surface area contributed by atoms with Crippen molar-refractivity contribution in [2.45, 2.75) is 54.7 Å². The zero-order valence-electron chi connectivity index (χ0n) is 12.4. The van der Waals surface area contributed by atoms with Gasteiger partial charge in [-0.2, -0.15) is 5.26 Å². The summed E-state index contributed by atoms with van der Waals surface area (Å²) >= 11 is 13.6. The van der Waals surface area contributed by atoms with Crippen LogP contribution in [0, 0.1) is 11.3 Å². The van der Waals surface area contributed by atoms with Crippen LogP contribution < -0.4 is 5.32 Å². The minimum atomic E-state index is -0.714. The van der Waals surface area contributed by atoms with Crippen molar-refractivity contribution < 1.29 is 4.79 Å². The predicted molar refractivity (Wildman–Crippen MR) is 91.4 cm³/mol. The van der Waals surface area contributed by atoms with E-state index < -0.39 is 5.54 Å². The molecule has 0 aliphatic heterocycles. The number of amides is 1. The molecule has 118 valence electrons. The Hall–Kier alpha value is -0.890. The number of thioether (sulfide) groups is 1. The highest BCUT2D eigenvalue weighted by atomic mass is 35.5. The van der Waals surface area contributed by atoms with Crippen molar-refractivity contribution in [2.24, 2.45) is 0 Å². The predicted octanol–water partition coefficient (Wildman–Crippen LogP) is 4.82. The average molecular weight is 357 g/mol. The second-order valence-electron chi connectivity index (χ2n) is 5.55. The minimum absolute atomic E-state index is 0.149. The third kappa shape index (κ3) is 4.10. The number of nitrogens with zero attached hydrogens (tertiary/aromatic N) is 1. The summed E-state index contributed by atoms with van der Waals surface area (Å²) in [7, 11) is 0. The number of halogens is 2. The van der Waals surface area contributed by atoms with E-state index in [1.54, 1.807) is 25.1 Å². The van der Waals surface area contributed by atoms with E-state index in [1.807, 2.05) is 0 Å². The number of benzene rings is 1. The van der Waals surface area contributed by atoms with Gasteiger partial charge in [-0.1, -0.05) is 48.5 Å². The van der Waals surface area contributed by atoms with Crippen LogP contribution in [-0.4, -0.2) is 16.7 Å². The van der Waals surface area contributed by atoms with Crippen LogP contribution in [0.5, 0.6) is 0 Å². The van der Waals surface area contributed by atoms with E-state index in [-0.39, 0.29) is 11.2 Å².